The molecule has 136 valence electrons. The van der Waals surface area contributed by atoms with Crippen LogP contribution in [0, 0.1) is 25.6 Å². The largest absolute Gasteiger partial charge is 0.484 e. The Morgan fingerprint density at radius 2 is 1.81 bits per heavy atom. The fourth-order valence-electron chi connectivity index (χ4n) is 2.78. The predicted molar refractivity (Wildman–Crippen MR) is 94.9 cm³/mol. The van der Waals surface area contributed by atoms with Crippen LogP contribution < -0.4 is 15.6 Å². The SMILES string of the molecule is Cc1ccc(OCC(=O)NNC(=O)C2CC2c2ccc(F)cc2)cc1C. The topological polar surface area (TPSA) is 67.4 Å². The number of nitrogens with one attached hydrogen (secondary N) is 2. The van der Waals surface area contributed by atoms with E-state index in [9.17, 15) is 14.0 Å². The predicted octanol–water partition coefficient (Wildman–Crippen LogP) is 2.77. The summed E-state index contributed by atoms with van der Waals surface area (Å²) in [5, 5.41) is 0. The van der Waals surface area contributed by atoms with Gasteiger partial charge in [0.15, 0.2) is 6.61 Å². The number of hydrogen-bond donors (Lipinski definition) is 2. The van der Waals surface area contributed by atoms with E-state index in [1.165, 1.54) is 12.1 Å². The van der Waals surface area contributed by atoms with E-state index in [1.54, 1.807) is 18.2 Å². The van der Waals surface area contributed by atoms with Crippen LogP contribution in [0.2, 0.25) is 0 Å². The molecule has 1 fully saturated rings. The molecule has 0 radical (unpaired) electrons. The first kappa shape index (κ1) is 17.9. The van der Waals surface area contributed by atoms with Crippen LogP contribution in [-0.4, -0.2) is 18.4 Å². The fourth-order valence-corrected chi connectivity index (χ4v) is 2.78. The zero-order chi connectivity index (χ0) is 18.7. The van der Waals surface area contributed by atoms with Gasteiger partial charge in [-0.05, 0) is 67.1 Å². The summed E-state index contributed by atoms with van der Waals surface area (Å²) in [4.78, 5) is 23.9. The highest BCUT2D eigenvalue weighted by molar-refractivity contribution is 5.86. The number of amides is 2. The minimum atomic E-state index is -0.435. The maximum absolute atomic E-state index is 12.9. The van der Waals surface area contributed by atoms with Crippen LogP contribution >= 0.6 is 0 Å². The second-order valence-corrected chi connectivity index (χ2v) is 6.57. The molecule has 0 heterocycles. The molecule has 0 aliphatic heterocycles. The second-order valence-electron chi connectivity index (χ2n) is 6.57. The lowest BCUT2D eigenvalue weighted by molar-refractivity contribution is -0.130. The number of benzene rings is 2. The molecule has 1 saturated carbocycles. The van der Waals surface area contributed by atoms with Gasteiger partial charge in [0.2, 0.25) is 5.91 Å². The molecule has 5 nitrogen and oxygen atoms in total. The third-order valence-electron chi connectivity index (χ3n) is 4.60. The summed E-state index contributed by atoms with van der Waals surface area (Å²) in [6, 6.07) is 11.7. The molecule has 1 aliphatic carbocycles. The van der Waals surface area contributed by atoms with Crippen molar-refractivity contribution in [2.45, 2.75) is 26.2 Å². The van der Waals surface area contributed by atoms with Crippen LogP contribution in [0.25, 0.3) is 0 Å². The van der Waals surface area contributed by atoms with Gasteiger partial charge in [0, 0.05) is 5.92 Å². The molecule has 2 atom stereocenters. The van der Waals surface area contributed by atoms with Crippen molar-refractivity contribution in [1.29, 1.82) is 0 Å². The Hall–Kier alpha value is -2.89. The highest BCUT2D eigenvalue weighted by Crippen LogP contribution is 2.47. The van der Waals surface area contributed by atoms with Crippen molar-refractivity contribution in [2.75, 3.05) is 6.61 Å². The molecule has 2 N–H and O–H groups in total. The summed E-state index contributed by atoms with van der Waals surface area (Å²) >= 11 is 0. The minimum absolute atomic E-state index is 0.0688. The summed E-state index contributed by atoms with van der Waals surface area (Å²) in [6.07, 6.45) is 0.687. The lowest BCUT2D eigenvalue weighted by Gasteiger charge is -2.10. The van der Waals surface area contributed by atoms with E-state index in [-0.39, 0.29) is 30.2 Å². The summed E-state index contributed by atoms with van der Waals surface area (Å²) in [7, 11) is 0. The number of ether oxygens (including phenoxy) is 1. The van der Waals surface area contributed by atoms with Crippen LogP contribution in [0.4, 0.5) is 4.39 Å². The molecule has 1 aliphatic rings. The first-order valence-corrected chi connectivity index (χ1v) is 8.48. The van der Waals surface area contributed by atoms with Gasteiger partial charge < -0.3 is 4.74 Å². The van der Waals surface area contributed by atoms with Crippen molar-refractivity contribution in [2.24, 2.45) is 5.92 Å². The van der Waals surface area contributed by atoms with Crippen molar-refractivity contribution < 1.29 is 18.7 Å². The molecule has 6 heteroatoms. The Morgan fingerprint density at radius 3 is 2.50 bits per heavy atom. The zero-order valence-electron chi connectivity index (χ0n) is 14.7. The fraction of sp³-hybridized carbons (Fsp3) is 0.300. The van der Waals surface area contributed by atoms with Gasteiger partial charge in [0.1, 0.15) is 11.6 Å². The van der Waals surface area contributed by atoms with E-state index in [1.807, 2.05) is 26.0 Å². The van der Waals surface area contributed by atoms with E-state index in [2.05, 4.69) is 10.9 Å². The van der Waals surface area contributed by atoms with Crippen LogP contribution in [-0.2, 0) is 9.59 Å². The molecule has 0 spiro atoms. The molecular formula is C20H21FN2O3. The van der Waals surface area contributed by atoms with E-state index in [0.29, 0.717) is 12.2 Å². The number of carbonyl (C=O) groups excluding carboxylic acids is 2. The van der Waals surface area contributed by atoms with Gasteiger partial charge >= 0.3 is 0 Å². The summed E-state index contributed by atoms with van der Waals surface area (Å²) in [5.41, 5.74) is 7.93. The summed E-state index contributed by atoms with van der Waals surface area (Å²) in [6.45, 7) is 3.78. The van der Waals surface area contributed by atoms with Crippen LogP contribution in [0.3, 0.4) is 0 Å². The normalized spacial score (nSPS) is 18.1. The van der Waals surface area contributed by atoms with Crippen LogP contribution in [0.5, 0.6) is 5.75 Å². The molecule has 0 aromatic heterocycles. The second kappa shape index (κ2) is 7.56. The highest BCUT2D eigenvalue weighted by atomic mass is 19.1. The minimum Gasteiger partial charge on any atom is -0.484 e. The third kappa shape index (κ3) is 4.39. The number of carbonyl (C=O) groups is 2. The van der Waals surface area contributed by atoms with Gasteiger partial charge in [0.25, 0.3) is 5.91 Å². The molecule has 26 heavy (non-hydrogen) atoms. The average molecular weight is 356 g/mol. The first-order chi connectivity index (χ1) is 12.4. The van der Waals surface area contributed by atoms with Crippen molar-refractivity contribution in [3.8, 4) is 5.75 Å². The third-order valence-corrected chi connectivity index (χ3v) is 4.60. The maximum atomic E-state index is 12.9. The standard InChI is InChI=1S/C20H21FN2O3/c1-12-3-8-16(9-13(12)2)26-11-19(24)22-23-20(25)18-10-17(18)14-4-6-15(21)7-5-14/h3-9,17-18H,10-11H2,1-2H3,(H,22,24)(H,23,25). The Bertz CT molecular complexity index is 820. The lowest BCUT2D eigenvalue weighted by atomic mass is 10.1. The molecule has 0 saturated heterocycles. The average Bonchev–Trinajstić information content (AvgIpc) is 3.42. The van der Waals surface area contributed by atoms with E-state index in [0.717, 1.165) is 16.7 Å². The van der Waals surface area contributed by atoms with E-state index >= 15 is 0 Å². The number of rotatable bonds is 5. The number of aryl methyl sites for hydroxylation is 2. The zero-order valence-corrected chi connectivity index (χ0v) is 14.7. The first-order valence-electron chi connectivity index (χ1n) is 8.48. The van der Waals surface area contributed by atoms with Crippen molar-refractivity contribution in [1.82, 2.24) is 10.9 Å². The van der Waals surface area contributed by atoms with Crippen molar-refractivity contribution >= 4 is 11.8 Å². The van der Waals surface area contributed by atoms with Gasteiger partial charge in [-0.1, -0.05) is 18.2 Å². The van der Waals surface area contributed by atoms with Crippen molar-refractivity contribution in [3.05, 3.63) is 65.0 Å². The molecule has 2 aromatic rings. The summed E-state index contributed by atoms with van der Waals surface area (Å²) < 4.78 is 18.3. The van der Waals surface area contributed by atoms with Crippen LogP contribution in [0.15, 0.2) is 42.5 Å². The number of hydrazine groups is 1. The Balaban J connectivity index is 1.41. The van der Waals surface area contributed by atoms with Gasteiger partial charge in [-0.25, -0.2) is 4.39 Å². The number of hydrogen-bond acceptors (Lipinski definition) is 3. The molecule has 0 bridgehead atoms. The quantitative estimate of drug-likeness (QED) is 0.810. The van der Waals surface area contributed by atoms with Gasteiger partial charge in [-0.15, -0.1) is 0 Å². The Morgan fingerprint density at radius 1 is 1.08 bits per heavy atom. The summed E-state index contributed by atoms with van der Waals surface area (Å²) in [5.74, 6) is -0.519. The number of halogens is 1. The Kier molecular flexibility index (Phi) is 5.21. The van der Waals surface area contributed by atoms with Gasteiger partial charge in [0.05, 0.1) is 0 Å². The van der Waals surface area contributed by atoms with Crippen molar-refractivity contribution in [3.63, 3.8) is 0 Å². The Labute approximate surface area is 151 Å². The van der Waals surface area contributed by atoms with E-state index in [4.69, 9.17) is 4.74 Å². The van der Waals surface area contributed by atoms with Crippen LogP contribution in [0.1, 0.15) is 29.0 Å². The molecule has 2 aromatic carbocycles. The molecule has 2 amide bonds. The van der Waals surface area contributed by atoms with E-state index < -0.39 is 5.91 Å². The van der Waals surface area contributed by atoms with Gasteiger partial charge in [-0.3, -0.25) is 20.4 Å². The smallest absolute Gasteiger partial charge is 0.276 e. The van der Waals surface area contributed by atoms with Gasteiger partial charge in [-0.2, -0.15) is 0 Å². The highest BCUT2D eigenvalue weighted by Gasteiger charge is 2.44. The monoisotopic (exact) mass is 356 g/mol. The lowest BCUT2D eigenvalue weighted by Crippen LogP contribution is -2.44. The molecular weight excluding hydrogens is 335 g/mol. The molecule has 3 rings (SSSR count). The maximum Gasteiger partial charge on any atom is 0.276 e. The molecule has 2 unspecified atom stereocenters.